The Morgan fingerprint density at radius 3 is 2.82 bits per heavy atom. The van der Waals surface area contributed by atoms with E-state index < -0.39 is 5.97 Å². The molecule has 0 saturated carbocycles. The number of hydrogen-bond acceptors (Lipinski definition) is 5. The fourth-order valence-corrected chi connectivity index (χ4v) is 3.75. The molecule has 8 heteroatoms. The number of benzene rings is 1. The van der Waals surface area contributed by atoms with Crippen LogP contribution in [0.25, 0.3) is 0 Å². The van der Waals surface area contributed by atoms with Gasteiger partial charge in [-0.1, -0.05) is 6.92 Å². The van der Waals surface area contributed by atoms with E-state index in [1.54, 1.807) is 30.1 Å². The molecule has 1 aromatic rings. The van der Waals surface area contributed by atoms with Crippen LogP contribution in [0.4, 0.5) is 5.69 Å². The molecule has 1 fully saturated rings. The van der Waals surface area contributed by atoms with Crippen LogP contribution in [0.2, 0.25) is 0 Å². The summed E-state index contributed by atoms with van der Waals surface area (Å²) in [5.41, 5.74) is 0.948. The van der Waals surface area contributed by atoms with Gasteiger partial charge in [0.15, 0.2) is 0 Å². The fourth-order valence-electron chi connectivity index (χ4n) is 3.75. The van der Waals surface area contributed by atoms with Crippen molar-refractivity contribution in [3.8, 4) is 5.75 Å². The topological polar surface area (TPSA) is 105 Å². The summed E-state index contributed by atoms with van der Waals surface area (Å²) in [6.45, 7) is 2.16. The van der Waals surface area contributed by atoms with Crippen LogP contribution in [0.5, 0.6) is 5.75 Å². The van der Waals surface area contributed by atoms with Crippen molar-refractivity contribution in [2.24, 2.45) is 0 Å². The molecular weight excluding hydrogens is 364 g/mol. The van der Waals surface area contributed by atoms with Gasteiger partial charge in [0.2, 0.25) is 5.91 Å². The molecule has 28 heavy (non-hydrogen) atoms. The highest BCUT2D eigenvalue weighted by molar-refractivity contribution is 5.99. The second-order valence-electron chi connectivity index (χ2n) is 7.28. The number of carboxylic acid groups (broad SMARTS) is 1. The number of anilines is 1. The molecule has 2 aliphatic heterocycles. The number of carbonyl (C=O) groups is 3. The molecule has 1 saturated heterocycles. The number of fused-ring (bicyclic) bond motifs is 2. The smallest absolute Gasteiger partial charge is 0.305 e. The lowest BCUT2D eigenvalue weighted by Gasteiger charge is -2.42. The van der Waals surface area contributed by atoms with Crippen molar-refractivity contribution in [1.29, 1.82) is 0 Å². The van der Waals surface area contributed by atoms with Crippen LogP contribution in [-0.2, 0) is 14.3 Å². The Kier molecular flexibility index (Phi) is 6.18. The number of aliphatic carboxylic acids is 1. The third-order valence-corrected chi connectivity index (χ3v) is 5.17. The summed E-state index contributed by atoms with van der Waals surface area (Å²) in [6.07, 6.45) is 1.57. The Hall–Kier alpha value is -2.61. The van der Waals surface area contributed by atoms with Gasteiger partial charge in [0, 0.05) is 19.2 Å². The first-order chi connectivity index (χ1) is 13.4. The molecule has 1 aromatic carbocycles. The third kappa shape index (κ3) is 4.44. The summed E-state index contributed by atoms with van der Waals surface area (Å²) in [5.74, 6) is -0.785. The Morgan fingerprint density at radius 1 is 1.32 bits per heavy atom. The molecule has 2 heterocycles. The van der Waals surface area contributed by atoms with Crippen molar-refractivity contribution < 1.29 is 29.0 Å². The number of carbonyl (C=O) groups excluding carboxylic acids is 2. The number of ether oxygens (including phenoxy) is 2. The molecular formula is C20H26N2O6. The van der Waals surface area contributed by atoms with Crippen LogP contribution in [0, 0.1) is 0 Å². The maximum Gasteiger partial charge on any atom is 0.305 e. The number of amides is 2. The Morgan fingerprint density at radius 2 is 2.11 bits per heavy atom. The molecule has 152 valence electrons. The van der Waals surface area contributed by atoms with E-state index in [9.17, 15) is 14.4 Å². The third-order valence-electron chi connectivity index (χ3n) is 5.17. The molecule has 2 aliphatic rings. The fraction of sp³-hybridized carbons (Fsp3) is 0.550. The minimum Gasteiger partial charge on any atom is -0.490 e. The molecule has 0 spiro atoms. The predicted octanol–water partition coefficient (Wildman–Crippen LogP) is 2.28. The summed E-state index contributed by atoms with van der Waals surface area (Å²) in [7, 11) is 1.72. The van der Waals surface area contributed by atoms with Gasteiger partial charge < -0.3 is 24.8 Å². The highest BCUT2D eigenvalue weighted by Crippen LogP contribution is 2.32. The lowest BCUT2D eigenvalue weighted by Crippen LogP contribution is -2.53. The van der Waals surface area contributed by atoms with Crippen LogP contribution >= 0.6 is 0 Å². The maximum absolute atomic E-state index is 13.1. The van der Waals surface area contributed by atoms with Gasteiger partial charge in [-0.2, -0.15) is 0 Å². The molecule has 8 nitrogen and oxygen atoms in total. The second kappa shape index (κ2) is 8.60. The quantitative estimate of drug-likeness (QED) is 0.799. The van der Waals surface area contributed by atoms with Gasteiger partial charge >= 0.3 is 5.97 Å². The summed E-state index contributed by atoms with van der Waals surface area (Å²) < 4.78 is 11.8. The number of nitrogens with zero attached hydrogens (tertiary/aromatic N) is 1. The molecule has 0 unspecified atom stereocenters. The van der Waals surface area contributed by atoms with E-state index in [-0.39, 0.29) is 43.1 Å². The van der Waals surface area contributed by atoms with Gasteiger partial charge in [-0.05, 0) is 37.5 Å². The minimum absolute atomic E-state index is 0.0573. The molecule has 2 amide bonds. The van der Waals surface area contributed by atoms with Gasteiger partial charge in [0.25, 0.3) is 5.91 Å². The Bertz CT molecular complexity index is 765. The monoisotopic (exact) mass is 390 g/mol. The summed E-state index contributed by atoms with van der Waals surface area (Å²) >= 11 is 0. The number of likely N-dealkylation sites (N-methyl/N-ethyl adjacent to an activating group) is 1. The number of hydrogen-bond donors (Lipinski definition) is 2. The van der Waals surface area contributed by atoms with Crippen molar-refractivity contribution in [2.75, 3.05) is 19.0 Å². The molecule has 0 aliphatic carbocycles. The zero-order valence-corrected chi connectivity index (χ0v) is 16.1. The molecule has 2 N–H and O–H groups in total. The molecule has 3 rings (SSSR count). The second-order valence-corrected chi connectivity index (χ2v) is 7.28. The first-order valence-corrected chi connectivity index (χ1v) is 9.60. The summed E-state index contributed by atoms with van der Waals surface area (Å²) in [6, 6.07) is 4.82. The molecule has 0 aromatic heterocycles. The maximum atomic E-state index is 13.1. The molecule has 3 atom stereocenters. The largest absolute Gasteiger partial charge is 0.490 e. The van der Waals surface area contributed by atoms with E-state index in [2.05, 4.69) is 5.32 Å². The van der Waals surface area contributed by atoms with Gasteiger partial charge in [-0.25, -0.2) is 0 Å². The van der Waals surface area contributed by atoms with Crippen LogP contribution in [0.3, 0.4) is 0 Å². The number of carboxylic acids is 1. The van der Waals surface area contributed by atoms with E-state index in [4.69, 9.17) is 14.6 Å². The molecule has 0 bridgehead atoms. The summed E-state index contributed by atoms with van der Waals surface area (Å²) in [4.78, 5) is 37.5. The lowest BCUT2D eigenvalue weighted by atomic mass is 9.94. The van der Waals surface area contributed by atoms with Crippen LogP contribution in [0.1, 0.15) is 49.4 Å². The van der Waals surface area contributed by atoms with E-state index in [1.165, 1.54) is 0 Å². The van der Waals surface area contributed by atoms with E-state index in [0.29, 0.717) is 36.3 Å². The Labute approximate surface area is 163 Å². The van der Waals surface area contributed by atoms with E-state index in [0.717, 1.165) is 6.42 Å². The van der Waals surface area contributed by atoms with Crippen molar-refractivity contribution in [3.05, 3.63) is 23.8 Å². The van der Waals surface area contributed by atoms with Crippen molar-refractivity contribution in [3.63, 3.8) is 0 Å². The SMILES string of the molecule is CCCC(=O)Nc1ccc2c(c1)C(=O)N(C)[C@H]1CC[C@H](CC(=O)O)O[C@@H]1CO2. The number of rotatable bonds is 5. The summed E-state index contributed by atoms with van der Waals surface area (Å²) in [5, 5.41) is 11.8. The average molecular weight is 390 g/mol. The average Bonchev–Trinajstić information content (AvgIpc) is 2.65. The van der Waals surface area contributed by atoms with Gasteiger partial charge in [-0.3, -0.25) is 14.4 Å². The first-order valence-electron chi connectivity index (χ1n) is 9.60. The predicted molar refractivity (Wildman–Crippen MR) is 102 cm³/mol. The lowest BCUT2D eigenvalue weighted by molar-refractivity contribution is -0.148. The van der Waals surface area contributed by atoms with Crippen molar-refractivity contribution in [2.45, 2.75) is 57.3 Å². The van der Waals surface area contributed by atoms with Gasteiger partial charge in [0.05, 0.1) is 24.1 Å². The van der Waals surface area contributed by atoms with Crippen LogP contribution in [0.15, 0.2) is 18.2 Å². The zero-order valence-electron chi connectivity index (χ0n) is 16.1. The normalized spacial score (nSPS) is 24.3. The highest BCUT2D eigenvalue weighted by Gasteiger charge is 2.39. The first kappa shape index (κ1) is 20.1. The van der Waals surface area contributed by atoms with Gasteiger partial charge in [0.1, 0.15) is 18.5 Å². The minimum atomic E-state index is -0.900. The Balaban J connectivity index is 1.80. The molecule has 0 radical (unpaired) electrons. The zero-order chi connectivity index (χ0) is 20.3. The number of nitrogens with one attached hydrogen (secondary N) is 1. The van der Waals surface area contributed by atoms with Crippen LogP contribution in [-0.4, -0.2) is 59.7 Å². The highest BCUT2D eigenvalue weighted by atomic mass is 16.5. The van der Waals surface area contributed by atoms with Crippen LogP contribution < -0.4 is 10.1 Å². The van der Waals surface area contributed by atoms with Crippen molar-refractivity contribution in [1.82, 2.24) is 4.90 Å². The van der Waals surface area contributed by atoms with Crippen molar-refractivity contribution >= 4 is 23.5 Å². The van der Waals surface area contributed by atoms with Gasteiger partial charge in [-0.15, -0.1) is 0 Å². The standard InChI is InChI=1S/C20H26N2O6/c1-3-4-18(23)21-12-5-8-16-14(9-12)20(26)22(2)15-7-6-13(10-19(24)25)28-17(15)11-27-16/h5,8-9,13,15,17H,3-4,6-7,10-11H2,1-2H3,(H,21,23)(H,24,25)/t13-,15+,17-/m1/s1. The van der Waals surface area contributed by atoms with E-state index >= 15 is 0 Å². The van der Waals surface area contributed by atoms with E-state index in [1.807, 2.05) is 6.92 Å².